The second-order valence-corrected chi connectivity index (χ2v) is 4.43. The standard InChI is InChI=1S/C9H8N2O3S/c10-9-8(15(12,13)14)5-6-3-1-2-4-7(6)11-9/h1-5H,(H2,10,11)(H,12,13,14). The molecule has 0 fully saturated rings. The largest absolute Gasteiger partial charge is 0.383 e. The van der Waals surface area contributed by atoms with Crippen LogP contribution < -0.4 is 5.73 Å². The third-order valence-corrected chi connectivity index (χ3v) is 2.88. The molecule has 3 N–H and O–H groups in total. The Balaban J connectivity index is 2.84. The fourth-order valence-corrected chi connectivity index (χ4v) is 1.90. The molecule has 0 aliphatic heterocycles. The second kappa shape index (κ2) is 3.18. The van der Waals surface area contributed by atoms with E-state index in [-0.39, 0.29) is 10.7 Å². The van der Waals surface area contributed by atoms with Crippen molar-refractivity contribution in [1.82, 2.24) is 4.98 Å². The maximum absolute atomic E-state index is 10.9. The van der Waals surface area contributed by atoms with Crippen molar-refractivity contribution < 1.29 is 13.0 Å². The molecule has 0 saturated heterocycles. The summed E-state index contributed by atoms with van der Waals surface area (Å²) in [7, 11) is -4.31. The average molecular weight is 224 g/mol. The van der Waals surface area contributed by atoms with Crippen molar-refractivity contribution in [3.8, 4) is 0 Å². The Hall–Kier alpha value is -1.66. The van der Waals surface area contributed by atoms with E-state index in [1.807, 2.05) is 0 Å². The van der Waals surface area contributed by atoms with Crippen molar-refractivity contribution >= 4 is 26.8 Å². The summed E-state index contributed by atoms with van der Waals surface area (Å²) in [4.78, 5) is 3.52. The molecule has 6 heteroatoms. The average Bonchev–Trinajstić information content (AvgIpc) is 2.15. The number of hydrogen-bond acceptors (Lipinski definition) is 4. The van der Waals surface area contributed by atoms with Gasteiger partial charge in [0, 0.05) is 5.39 Å². The Morgan fingerprint density at radius 3 is 2.60 bits per heavy atom. The van der Waals surface area contributed by atoms with Gasteiger partial charge in [-0.1, -0.05) is 18.2 Å². The van der Waals surface area contributed by atoms with Gasteiger partial charge in [-0.15, -0.1) is 0 Å². The first-order valence-electron chi connectivity index (χ1n) is 4.11. The van der Waals surface area contributed by atoms with E-state index in [0.29, 0.717) is 10.9 Å². The normalized spacial score (nSPS) is 11.8. The zero-order valence-electron chi connectivity index (χ0n) is 7.58. The molecule has 78 valence electrons. The van der Waals surface area contributed by atoms with Crippen LogP contribution in [0.4, 0.5) is 5.82 Å². The highest BCUT2D eigenvalue weighted by Gasteiger charge is 2.15. The number of nitrogens with two attached hydrogens (primary N) is 1. The number of hydrogen-bond donors (Lipinski definition) is 2. The van der Waals surface area contributed by atoms with E-state index in [1.165, 1.54) is 6.07 Å². The van der Waals surface area contributed by atoms with Gasteiger partial charge in [0.1, 0.15) is 10.7 Å². The lowest BCUT2D eigenvalue weighted by molar-refractivity contribution is 0.483. The molecule has 5 nitrogen and oxygen atoms in total. The molecular formula is C9H8N2O3S. The van der Waals surface area contributed by atoms with Crippen LogP contribution in [0.5, 0.6) is 0 Å². The van der Waals surface area contributed by atoms with Crippen molar-refractivity contribution in [2.45, 2.75) is 4.90 Å². The van der Waals surface area contributed by atoms with Crippen molar-refractivity contribution in [2.24, 2.45) is 0 Å². The molecular weight excluding hydrogens is 216 g/mol. The predicted octanol–water partition coefficient (Wildman–Crippen LogP) is 1.06. The van der Waals surface area contributed by atoms with Crippen LogP contribution in [-0.4, -0.2) is 18.0 Å². The highest BCUT2D eigenvalue weighted by Crippen LogP contribution is 2.21. The van der Waals surface area contributed by atoms with Crippen molar-refractivity contribution in [2.75, 3.05) is 5.73 Å². The molecule has 0 aliphatic rings. The molecule has 15 heavy (non-hydrogen) atoms. The first-order chi connectivity index (χ1) is 6.98. The number of nitrogens with zero attached hydrogens (tertiary/aromatic N) is 1. The molecule has 2 rings (SSSR count). The summed E-state index contributed by atoms with van der Waals surface area (Å²) in [5.74, 6) is -0.198. The van der Waals surface area contributed by atoms with Crippen LogP contribution in [-0.2, 0) is 10.1 Å². The van der Waals surface area contributed by atoms with Crippen LogP contribution in [0.25, 0.3) is 10.9 Å². The van der Waals surface area contributed by atoms with E-state index in [0.717, 1.165) is 0 Å². The molecule has 0 bridgehead atoms. The third kappa shape index (κ3) is 1.77. The van der Waals surface area contributed by atoms with Gasteiger partial charge >= 0.3 is 0 Å². The quantitative estimate of drug-likeness (QED) is 0.706. The van der Waals surface area contributed by atoms with Gasteiger partial charge in [-0.05, 0) is 12.1 Å². The van der Waals surface area contributed by atoms with Crippen molar-refractivity contribution in [3.63, 3.8) is 0 Å². The molecule has 1 heterocycles. The number of fused-ring (bicyclic) bond motifs is 1. The van der Waals surface area contributed by atoms with Gasteiger partial charge in [0.05, 0.1) is 5.52 Å². The molecule has 1 aromatic carbocycles. The van der Waals surface area contributed by atoms with Gasteiger partial charge in [0.15, 0.2) is 0 Å². The molecule has 0 atom stereocenters. The van der Waals surface area contributed by atoms with Crippen molar-refractivity contribution in [1.29, 1.82) is 0 Å². The van der Waals surface area contributed by atoms with E-state index in [4.69, 9.17) is 10.3 Å². The van der Waals surface area contributed by atoms with Gasteiger partial charge in [0.2, 0.25) is 0 Å². The number of nitrogen functional groups attached to an aromatic ring is 1. The molecule has 1 aromatic heterocycles. The molecule has 0 saturated carbocycles. The van der Waals surface area contributed by atoms with E-state index >= 15 is 0 Å². The van der Waals surface area contributed by atoms with Gasteiger partial charge in [0.25, 0.3) is 10.1 Å². The number of pyridine rings is 1. The second-order valence-electron chi connectivity index (χ2n) is 3.04. The smallest absolute Gasteiger partial charge is 0.298 e. The van der Waals surface area contributed by atoms with E-state index in [9.17, 15) is 8.42 Å². The molecule has 0 unspecified atom stereocenters. The molecule has 0 radical (unpaired) electrons. The lowest BCUT2D eigenvalue weighted by atomic mass is 10.2. The van der Waals surface area contributed by atoms with Gasteiger partial charge < -0.3 is 5.73 Å². The summed E-state index contributed by atoms with van der Waals surface area (Å²) >= 11 is 0. The Morgan fingerprint density at radius 2 is 1.93 bits per heavy atom. The summed E-state index contributed by atoms with van der Waals surface area (Å²) < 4.78 is 30.7. The number of rotatable bonds is 1. The summed E-state index contributed by atoms with van der Waals surface area (Å²) in [6.07, 6.45) is 0. The number of benzene rings is 1. The maximum Gasteiger partial charge on any atom is 0.298 e. The van der Waals surface area contributed by atoms with E-state index in [1.54, 1.807) is 24.3 Å². The highest BCUT2D eigenvalue weighted by atomic mass is 32.2. The first kappa shape index (κ1) is 9.88. The Labute approximate surface area is 86.3 Å². The monoisotopic (exact) mass is 224 g/mol. The van der Waals surface area contributed by atoms with Crippen molar-refractivity contribution in [3.05, 3.63) is 30.3 Å². The van der Waals surface area contributed by atoms with Gasteiger partial charge in [-0.2, -0.15) is 8.42 Å². The van der Waals surface area contributed by atoms with Crippen LogP contribution in [0.3, 0.4) is 0 Å². The number of anilines is 1. The lowest BCUT2D eigenvalue weighted by Crippen LogP contribution is -2.05. The fourth-order valence-electron chi connectivity index (χ4n) is 1.32. The van der Waals surface area contributed by atoms with Crippen LogP contribution in [0.2, 0.25) is 0 Å². The van der Waals surface area contributed by atoms with Crippen LogP contribution in [0, 0.1) is 0 Å². The Bertz CT molecular complexity index is 622. The van der Waals surface area contributed by atoms with Gasteiger partial charge in [-0.3, -0.25) is 4.55 Å². The zero-order chi connectivity index (χ0) is 11.1. The molecule has 2 aromatic rings. The SMILES string of the molecule is Nc1nc2ccccc2cc1S(=O)(=O)O. The zero-order valence-corrected chi connectivity index (χ0v) is 8.40. The fraction of sp³-hybridized carbons (Fsp3) is 0. The summed E-state index contributed by atoms with van der Waals surface area (Å²) in [6, 6.07) is 8.21. The minimum Gasteiger partial charge on any atom is -0.383 e. The minimum absolute atomic E-state index is 0.198. The van der Waals surface area contributed by atoms with E-state index < -0.39 is 10.1 Å². The first-order valence-corrected chi connectivity index (χ1v) is 5.55. The summed E-state index contributed by atoms with van der Waals surface area (Å²) in [5.41, 5.74) is 6.01. The highest BCUT2D eigenvalue weighted by molar-refractivity contribution is 7.86. The predicted molar refractivity (Wildman–Crippen MR) is 56.0 cm³/mol. The van der Waals surface area contributed by atoms with Crippen LogP contribution in [0.1, 0.15) is 0 Å². The summed E-state index contributed by atoms with van der Waals surface area (Å²) in [5, 5.41) is 0.610. The van der Waals surface area contributed by atoms with Gasteiger partial charge in [-0.25, -0.2) is 4.98 Å². The maximum atomic E-state index is 10.9. The topological polar surface area (TPSA) is 93.3 Å². The molecule has 0 aliphatic carbocycles. The number of para-hydroxylation sites is 1. The molecule has 0 amide bonds. The molecule has 0 spiro atoms. The third-order valence-electron chi connectivity index (χ3n) is 1.99. The van der Waals surface area contributed by atoms with E-state index in [2.05, 4.69) is 4.98 Å². The lowest BCUT2D eigenvalue weighted by Gasteiger charge is -2.03. The number of aromatic nitrogens is 1. The van der Waals surface area contributed by atoms with Crippen LogP contribution in [0.15, 0.2) is 35.2 Å². The Morgan fingerprint density at radius 1 is 1.27 bits per heavy atom. The minimum atomic E-state index is -4.31. The van der Waals surface area contributed by atoms with Crippen LogP contribution >= 0.6 is 0 Å². The Kier molecular flexibility index (Phi) is 2.09. The summed E-state index contributed by atoms with van der Waals surface area (Å²) in [6.45, 7) is 0.